The van der Waals surface area contributed by atoms with E-state index in [1.54, 1.807) is 4.90 Å². The maximum atomic E-state index is 11.6. The fraction of sp³-hybridized carbons (Fsp3) is 0.889. The molecule has 0 aromatic rings. The Morgan fingerprint density at radius 3 is 2.62 bits per heavy atom. The van der Waals surface area contributed by atoms with Crippen molar-refractivity contribution in [2.75, 3.05) is 33.3 Å². The van der Waals surface area contributed by atoms with Crippen molar-refractivity contribution in [2.24, 2.45) is 0 Å². The maximum Gasteiger partial charge on any atom is 0.319 e. The van der Waals surface area contributed by atoms with Crippen LogP contribution >= 0.6 is 0 Å². The van der Waals surface area contributed by atoms with Crippen LogP contribution in [-0.4, -0.2) is 54.7 Å². The monoisotopic (exact) mass is 184 g/mol. The molecule has 2 aliphatic rings. The van der Waals surface area contributed by atoms with Crippen molar-refractivity contribution >= 4 is 6.03 Å². The molecule has 2 heterocycles. The van der Waals surface area contributed by atoms with E-state index in [-0.39, 0.29) is 11.6 Å². The van der Waals surface area contributed by atoms with E-state index in [2.05, 4.69) is 0 Å². The topological polar surface area (TPSA) is 32.8 Å². The minimum Gasteiger partial charge on any atom is -0.371 e. The largest absolute Gasteiger partial charge is 0.371 e. The maximum absolute atomic E-state index is 11.6. The van der Waals surface area contributed by atoms with E-state index >= 15 is 0 Å². The van der Waals surface area contributed by atoms with E-state index in [9.17, 15) is 4.79 Å². The number of ether oxygens (including phenoxy) is 1. The van der Waals surface area contributed by atoms with Gasteiger partial charge in [-0.15, -0.1) is 0 Å². The van der Waals surface area contributed by atoms with Gasteiger partial charge in [-0.3, -0.25) is 0 Å². The average Bonchev–Trinajstić information content (AvgIpc) is 1.97. The smallest absolute Gasteiger partial charge is 0.319 e. The second-order valence-corrected chi connectivity index (χ2v) is 3.93. The molecule has 0 saturated carbocycles. The first-order valence-electron chi connectivity index (χ1n) is 4.81. The van der Waals surface area contributed by atoms with Crippen molar-refractivity contribution in [1.82, 2.24) is 9.80 Å². The molecule has 0 atom stereocenters. The quantitative estimate of drug-likeness (QED) is 0.595. The molecule has 2 aliphatic heterocycles. The molecule has 0 N–H and O–H groups in total. The molecule has 0 aliphatic carbocycles. The van der Waals surface area contributed by atoms with Crippen molar-refractivity contribution < 1.29 is 9.53 Å². The van der Waals surface area contributed by atoms with Crippen LogP contribution in [-0.2, 0) is 4.74 Å². The number of carbonyl (C=O) groups excluding carboxylic acids is 1. The van der Waals surface area contributed by atoms with Crippen LogP contribution in [0.3, 0.4) is 0 Å². The third-order valence-corrected chi connectivity index (χ3v) is 3.00. The molecule has 4 nitrogen and oxygen atoms in total. The molecule has 0 bridgehead atoms. The van der Waals surface area contributed by atoms with Gasteiger partial charge in [0.05, 0.1) is 19.7 Å². The molecule has 2 saturated heterocycles. The van der Waals surface area contributed by atoms with Crippen LogP contribution < -0.4 is 0 Å². The van der Waals surface area contributed by atoms with Crippen molar-refractivity contribution in [3.05, 3.63) is 0 Å². The summed E-state index contributed by atoms with van der Waals surface area (Å²) in [6, 6.07) is 0.128. The van der Waals surface area contributed by atoms with E-state index in [1.807, 2.05) is 18.9 Å². The Kier molecular flexibility index (Phi) is 1.95. The molecule has 0 unspecified atom stereocenters. The minimum absolute atomic E-state index is 0.0598. The number of likely N-dealkylation sites (tertiary alicyclic amines) is 1. The van der Waals surface area contributed by atoms with Gasteiger partial charge in [-0.25, -0.2) is 4.79 Å². The number of rotatable bonds is 1. The molecular formula is C9H16N2O2. The van der Waals surface area contributed by atoms with E-state index in [1.165, 1.54) is 0 Å². The van der Waals surface area contributed by atoms with Crippen molar-refractivity contribution in [1.29, 1.82) is 0 Å². The Balaban J connectivity index is 1.82. The zero-order valence-electron chi connectivity index (χ0n) is 8.25. The van der Waals surface area contributed by atoms with Crippen molar-refractivity contribution in [2.45, 2.75) is 18.9 Å². The summed E-state index contributed by atoms with van der Waals surface area (Å²) < 4.78 is 5.44. The van der Waals surface area contributed by atoms with Gasteiger partial charge < -0.3 is 14.5 Å². The average molecular weight is 184 g/mol. The lowest BCUT2D eigenvalue weighted by Crippen LogP contribution is -2.70. The molecule has 2 rings (SSSR count). The summed E-state index contributed by atoms with van der Waals surface area (Å²) in [6.07, 6.45) is 1.12. The number of amides is 2. The molecule has 74 valence electrons. The third kappa shape index (κ3) is 1.29. The van der Waals surface area contributed by atoms with E-state index < -0.39 is 0 Å². The molecule has 0 radical (unpaired) electrons. The zero-order chi connectivity index (χ0) is 9.47. The summed E-state index contributed by atoms with van der Waals surface area (Å²) in [4.78, 5) is 15.2. The highest BCUT2D eigenvalue weighted by molar-refractivity contribution is 5.75. The Labute approximate surface area is 78.4 Å². The lowest BCUT2D eigenvalue weighted by molar-refractivity contribution is -0.210. The predicted octanol–water partition coefficient (Wildman–Crippen LogP) is 0.533. The van der Waals surface area contributed by atoms with Gasteiger partial charge >= 0.3 is 6.03 Å². The fourth-order valence-electron chi connectivity index (χ4n) is 1.80. The normalized spacial score (nSPS) is 23.7. The lowest BCUT2D eigenvalue weighted by Gasteiger charge is -2.55. The van der Waals surface area contributed by atoms with Gasteiger partial charge in [-0.1, -0.05) is 0 Å². The molecule has 1 spiro atoms. The first-order valence-corrected chi connectivity index (χ1v) is 4.81. The first kappa shape index (κ1) is 8.81. The number of hydrogen-bond donors (Lipinski definition) is 0. The molecular weight excluding hydrogens is 168 g/mol. The van der Waals surface area contributed by atoms with Gasteiger partial charge in [-0.2, -0.15) is 0 Å². The van der Waals surface area contributed by atoms with Gasteiger partial charge in [0.25, 0.3) is 0 Å². The van der Waals surface area contributed by atoms with E-state index in [0.29, 0.717) is 0 Å². The van der Waals surface area contributed by atoms with Gasteiger partial charge in [0.15, 0.2) is 0 Å². The van der Waals surface area contributed by atoms with Crippen LogP contribution in [0, 0.1) is 0 Å². The SMILES string of the molecule is CCN(C)C(=O)N1CC2(CCO2)C1. The second kappa shape index (κ2) is 2.87. The lowest BCUT2D eigenvalue weighted by atomic mass is 9.86. The highest BCUT2D eigenvalue weighted by Crippen LogP contribution is 2.36. The van der Waals surface area contributed by atoms with Gasteiger partial charge in [0, 0.05) is 20.0 Å². The molecule has 2 fully saturated rings. The Bertz CT molecular complexity index is 218. The summed E-state index contributed by atoms with van der Waals surface area (Å²) >= 11 is 0. The van der Waals surface area contributed by atoms with Gasteiger partial charge in [0.1, 0.15) is 5.60 Å². The van der Waals surface area contributed by atoms with Crippen LogP contribution in [0.5, 0.6) is 0 Å². The zero-order valence-corrected chi connectivity index (χ0v) is 8.25. The fourth-order valence-corrected chi connectivity index (χ4v) is 1.80. The molecule has 0 aromatic heterocycles. The number of urea groups is 1. The first-order chi connectivity index (χ1) is 6.17. The summed E-state index contributed by atoms with van der Waals surface area (Å²) in [5, 5.41) is 0. The van der Waals surface area contributed by atoms with E-state index in [0.717, 1.165) is 32.7 Å². The van der Waals surface area contributed by atoms with Crippen molar-refractivity contribution in [3.8, 4) is 0 Å². The molecule has 13 heavy (non-hydrogen) atoms. The standard InChI is InChI=1S/C9H16N2O2/c1-3-10(2)8(12)11-6-9(7-11)4-5-13-9/h3-7H2,1-2H3. The van der Waals surface area contributed by atoms with Crippen LogP contribution in [0.4, 0.5) is 4.79 Å². The number of nitrogens with zero attached hydrogens (tertiary/aromatic N) is 2. The minimum atomic E-state index is 0.0598. The van der Waals surface area contributed by atoms with Crippen molar-refractivity contribution in [3.63, 3.8) is 0 Å². The molecule has 2 amide bonds. The van der Waals surface area contributed by atoms with Crippen LogP contribution in [0.2, 0.25) is 0 Å². The van der Waals surface area contributed by atoms with Crippen LogP contribution in [0.25, 0.3) is 0 Å². The summed E-state index contributed by atoms with van der Waals surface area (Å²) in [5.74, 6) is 0. The molecule has 4 heteroatoms. The summed E-state index contributed by atoms with van der Waals surface area (Å²) in [6.45, 7) is 5.19. The Morgan fingerprint density at radius 2 is 2.23 bits per heavy atom. The Hall–Kier alpha value is -0.770. The molecule has 0 aromatic carbocycles. The van der Waals surface area contributed by atoms with Gasteiger partial charge in [0.2, 0.25) is 0 Å². The van der Waals surface area contributed by atoms with E-state index in [4.69, 9.17) is 4.74 Å². The summed E-state index contributed by atoms with van der Waals surface area (Å²) in [5.41, 5.74) is 0.0598. The van der Waals surface area contributed by atoms with Crippen LogP contribution in [0.1, 0.15) is 13.3 Å². The highest BCUT2D eigenvalue weighted by Gasteiger charge is 2.51. The van der Waals surface area contributed by atoms with Crippen LogP contribution in [0.15, 0.2) is 0 Å². The Morgan fingerprint density at radius 1 is 1.62 bits per heavy atom. The number of hydrogen-bond acceptors (Lipinski definition) is 2. The predicted molar refractivity (Wildman–Crippen MR) is 48.6 cm³/mol. The third-order valence-electron chi connectivity index (χ3n) is 3.00. The second-order valence-electron chi connectivity index (χ2n) is 3.93. The highest BCUT2D eigenvalue weighted by atomic mass is 16.5. The summed E-state index contributed by atoms with van der Waals surface area (Å²) in [7, 11) is 1.83. The number of carbonyl (C=O) groups is 1. The van der Waals surface area contributed by atoms with Gasteiger partial charge in [-0.05, 0) is 6.92 Å².